The van der Waals surface area contributed by atoms with Gasteiger partial charge >= 0.3 is 6.03 Å². The van der Waals surface area contributed by atoms with E-state index < -0.39 is 0 Å². The first-order valence-corrected chi connectivity index (χ1v) is 4.56. The Balaban J connectivity index is 2.13. The van der Waals surface area contributed by atoms with Crippen LogP contribution >= 0.6 is 0 Å². The number of nitrogens with one attached hydrogen (secondary N) is 2. The average molecular weight is 187 g/mol. The molecule has 1 unspecified atom stereocenters. The first-order chi connectivity index (χ1) is 6.22. The van der Waals surface area contributed by atoms with E-state index in [9.17, 15) is 4.79 Å². The van der Waals surface area contributed by atoms with Gasteiger partial charge in [-0.2, -0.15) is 0 Å². The summed E-state index contributed by atoms with van der Waals surface area (Å²) in [6.45, 7) is 2.24. The third-order valence-electron chi connectivity index (χ3n) is 2.12. The lowest BCUT2D eigenvalue weighted by molar-refractivity contribution is 0.230. The molecule has 3 N–H and O–H groups in total. The second kappa shape index (κ2) is 5.04. The zero-order chi connectivity index (χ0) is 9.68. The van der Waals surface area contributed by atoms with Gasteiger partial charge in [-0.25, -0.2) is 4.79 Å². The van der Waals surface area contributed by atoms with Gasteiger partial charge in [0.15, 0.2) is 0 Å². The van der Waals surface area contributed by atoms with Crippen LogP contribution in [0.5, 0.6) is 0 Å². The molecule has 13 heavy (non-hydrogen) atoms. The number of hydrogen-bond acceptors (Lipinski definition) is 3. The number of aliphatic hydroxyl groups is 1. The normalized spacial score (nSPS) is 23.1. The van der Waals surface area contributed by atoms with Crippen molar-refractivity contribution in [3.63, 3.8) is 0 Å². The van der Waals surface area contributed by atoms with Crippen LogP contribution in [0.1, 0.15) is 6.42 Å². The molecule has 0 spiro atoms. The molecule has 1 fully saturated rings. The van der Waals surface area contributed by atoms with Crippen LogP contribution in [0.2, 0.25) is 0 Å². The van der Waals surface area contributed by atoms with Gasteiger partial charge in [0.2, 0.25) is 0 Å². The van der Waals surface area contributed by atoms with Gasteiger partial charge in [0.25, 0.3) is 0 Å². The number of nitrogens with zero attached hydrogens (tertiary/aromatic N) is 1. The summed E-state index contributed by atoms with van der Waals surface area (Å²) in [5.41, 5.74) is 0. The van der Waals surface area contributed by atoms with E-state index in [4.69, 9.17) is 5.11 Å². The van der Waals surface area contributed by atoms with E-state index in [1.807, 2.05) is 7.05 Å². The summed E-state index contributed by atoms with van der Waals surface area (Å²) in [4.78, 5) is 13.3. The maximum atomic E-state index is 11.1. The average Bonchev–Trinajstić information content (AvgIpc) is 2.48. The molecule has 0 aromatic heterocycles. The van der Waals surface area contributed by atoms with Crippen molar-refractivity contribution in [1.82, 2.24) is 15.5 Å². The minimum Gasteiger partial charge on any atom is -0.395 e. The third-order valence-corrected chi connectivity index (χ3v) is 2.12. The monoisotopic (exact) mass is 187 g/mol. The molecular weight excluding hydrogens is 170 g/mol. The van der Waals surface area contributed by atoms with Crippen molar-refractivity contribution in [2.45, 2.75) is 12.5 Å². The summed E-state index contributed by atoms with van der Waals surface area (Å²) in [6, 6.07) is 0.0676. The molecule has 76 valence electrons. The van der Waals surface area contributed by atoms with Crippen molar-refractivity contribution in [2.75, 3.05) is 33.3 Å². The molecule has 5 heteroatoms. The Kier molecular flexibility index (Phi) is 3.98. The Bertz CT molecular complexity index is 175. The van der Waals surface area contributed by atoms with Crippen molar-refractivity contribution in [3.05, 3.63) is 0 Å². The SMILES string of the molecule is CN1CCC(NC(=O)NCCO)C1. The lowest BCUT2D eigenvalue weighted by atomic mass is 10.3. The van der Waals surface area contributed by atoms with Crippen molar-refractivity contribution < 1.29 is 9.90 Å². The van der Waals surface area contributed by atoms with Gasteiger partial charge in [-0.05, 0) is 20.0 Å². The Labute approximate surface area is 78.1 Å². The number of amides is 2. The first-order valence-electron chi connectivity index (χ1n) is 4.56. The molecule has 0 aliphatic carbocycles. The molecule has 1 rings (SSSR count). The standard InChI is InChI=1S/C8H17N3O2/c1-11-4-2-7(6-11)10-8(13)9-3-5-12/h7,12H,2-6H2,1H3,(H2,9,10,13). The number of carbonyl (C=O) groups excluding carboxylic acids is 1. The zero-order valence-electron chi connectivity index (χ0n) is 7.92. The van der Waals surface area contributed by atoms with E-state index in [1.165, 1.54) is 0 Å². The van der Waals surface area contributed by atoms with Gasteiger partial charge in [0.1, 0.15) is 0 Å². The number of rotatable bonds is 3. The third kappa shape index (κ3) is 3.61. The number of aliphatic hydroxyl groups excluding tert-OH is 1. The van der Waals surface area contributed by atoms with Gasteiger partial charge in [-0.15, -0.1) is 0 Å². The molecule has 0 radical (unpaired) electrons. The summed E-state index contributed by atoms with van der Waals surface area (Å²) in [6.07, 6.45) is 1.00. The van der Waals surface area contributed by atoms with E-state index >= 15 is 0 Å². The molecule has 1 atom stereocenters. The van der Waals surface area contributed by atoms with Crippen LogP contribution in [0.4, 0.5) is 4.79 Å². The quantitative estimate of drug-likeness (QED) is 0.530. The Hall–Kier alpha value is -0.810. The van der Waals surface area contributed by atoms with Crippen LogP contribution in [0, 0.1) is 0 Å². The molecule has 0 bridgehead atoms. The number of likely N-dealkylation sites (tertiary alicyclic amines) is 1. The summed E-state index contributed by atoms with van der Waals surface area (Å²) in [7, 11) is 2.04. The van der Waals surface area contributed by atoms with Crippen LogP contribution < -0.4 is 10.6 Å². The van der Waals surface area contributed by atoms with Gasteiger partial charge in [0.05, 0.1) is 6.61 Å². The smallest absolute Gasteiger partial charge is 0.315 e. The molecule has 0 saturated carbocycles. The maximum Gasteiger partial charge on any atom is 0.315 e. The second-order valence-electron chi connectivity index (χ2n) is 3.37. The van der Waals surface area contributed by atoms with Crippen molar-refractivity contribution in [3.8, 4) is 0 Å². The van der Waals surface area contributed by atoms with Crippen molar-refractivity contribution in [1.29, 1.82) is 0 Å². The minimum absolute atomic E-state index is 0.0159. The fourth-order valence-electron chi connectivity index (χ4n) is 1.46. The summed E-state index contributed by atoms with van der Waals surface area (Å²) < 4.78 is 0. The molecule has 0 aromatic rings. The topological polar surface area (TPSA) is 64.6 Å². The van der Waals surface area contributed by atoms with Gasteiger partial charge in [0, 0.05) is 19.1 Å². The van der Waals surface area contributed by atoms with Crippen molar-refractivity contribution >= 4 is 6.03 Å². The van der Waals surface area contributed by atoms with Crippen LogP contribution in [-0.2, 0) is 0 Å². The lowest BCUT2D eigenvalue weighted by Gasteiger charge is -2.12. The molecule has 1 aliphatic heterocycles. The number of urea groups is 1. The Morgan fingerprint density at radius 2 is 2.46 bits per heavy atom. The van der Waals surface area contributed by atoms with E-state index in [1.54, 1.807) is 0 Å². The number of likely N-dealkylation sites (N-methyl/N-ethyl adjacent to an activating group) is 1. The van der Waals surface area contributed by atoms with Crippen LogP contribution in [-0.4, -0.2) is 55.4 Å². The fraction of sp³-hybridized carbons (Fsp3) is 0.875. The summed E-state index contributed by atoms with van der Waals surface area (Å²) >= 11 is 0. The highest BCUT2D eigenvalue weighted by atomic mass is 16.3. The maximum absolute atomic E-state index is 11.1. The van der Waals surface area contributed by atoms with Crippen LogP contribution in [0.25, 0.3) is 0 Å². The molecular formula is C8H17N3O2. The lowest BCUT2D eigenvalue weighted by Crippen LogP contribution is -2.43. The second-order valence-corrected chi connectivity index (χ2v) is 3.37. The molecule has 0 aromatic carbocycles. The van der Waals surface area contributed by atoms with Gasteiger partial charge in [-0.1, -0.05) is 0 Å². The molecule has 1 saturated heterocycles. The van der Waals surface area contributed by atoms with Gasteiger partial charge in [-0.3, -0.25) is 0 Å². The predicted molar refractivity (Wildman–Crippen MR) is 49.5 cm³/mol. The summed E-state index contributed by atoms with van der Waals surface area (Å²) in [5.74, 6) is 0. The molecule has 5 nitrogen and oxygen atoms in total. The van der Waals surface area contributed by atoms with Crippen molar-refractivity contribution in [2.24, 2.45) is 0 Å². The molecule has 1 heterocycles. The summed E-state index contributed by atoms with van der Waals surface area (Å²) in [5, 5.41) is 13.9. The molecule has 1 aliphatic rings. The Morgan fingerprint density at radius 3 is 3.00 bits per heavy atom. The van der Waals surface area contributed by atoms with E-state index in [0.717, 1.165) is 19.5 Å². The molecule has 2 amide bonds. The highest BCUT2D eigenvalue weighted by Crippen LogP contribution is 2.05. The van der Waals surface area contributed by atoms with E-state index in [2.05, 4.69) is 15.5 Å². The van der Waals surface area contributed by atoms with Crippen LogP contribution in [0.15, 0.2) is 0 Å². The number of hydrogen-bond donors (Lipinski definition) is 3. The largest absolute Gasteiger partial charge is 0.395 e. The van der Waals surface area contributed by atoms with E-state index in [0.29, 0.717) is 6.54 Å². The number of carbonyl (C=O) groups is 1. The van der Waals surface area contributed by atoms with Gasteiger partial charge < -0.3 is 20.6 Å². The highest BCUT2D eigenvalue weighted by Gasteiger charge is 2.20. The van der Waals surface area contributed by atoms with Crippen LogP contribution in [0.3, 0.4) is 0 Å². The minimum atomic E-state index is -0.186. The first kappa shape index (κ1) is 10.3. The Morgan fingerprint density at radius 1 is 1.69 bits per heavy atom. The fourth-order valence-corrected chi connectivity index (χ4v) is 1.46. The zero-order valence-corrected chi connectivity index (χ0v) is 7.92. The predicted octanol–water partition coefficient (Wildman–Crippen LogP) is -1.02. The van der Waals surface area contributed by atoms with E-state index in [-0.39, 0.29) is 18.7 Å². The highest BCUT2D eigenvalue weighted by molar-refractivity contribution is 5.74.